The monoisotopic (exact) mass is 656 g/mol. The van der Waals surface area contributed by atoms with Crippen molar-refractivity contribution in [3.63, 3.8) is 0 Å². The number of ether oxygens (including phenoxy) is 4. The number of quaternary nitrogens is 1. The number of aliphatic carboxylic acids is 1. The van der Waals surface area contributed by atoms with Crippen molar-refractivity contribution in [1.29, 1.82) is 0 Å². The summed E-state index contributed by atoms with van der Waals surface area (Å²) in [6.07, 6.45) is 23.9. The molecule has 0 aromatic heterocycles. The summed E-state index contributed by atoms with van der Waals surface area (Å²) < 4.78 is 22.4. The third kappa shape index (κ3) is 30.7. The number of hydrogen-bond acceptors (Lipinski definition) is 8. The van der Waals surface area contributed by atoms with Crippen molar-refractivity contribution in [3.05, 3.63) is 12.2 Å². The van der Waals surface area contributed by atoms with E-state index in [4.69, 9.17) is 18.9 Å². The average Bonchev–Trinajstić information content (AvgIpc) is 3.00. The predicted octanol–water partition coefficient (Wildman–Crippen LogP) is 7.04. The first-order chi connectivity index (χ1) is 22.1. The van der Waals surface area contributed by atoms with Crippen LogP contribution in [0.15, 0.2) is 12.2 Å². The molecule has 0 fully saturated rings. The topological polar surface area (TPSA) is 111 Å². The minimum atomic E-state index is -1.61. The van der Waals surface area contributed by atoms with E-state index in [1.807, 2.05) is 21.1 Å². The summed E-state index contributed by atoms with van der Waals surface area (Å²) in [5, 5.41) is 11.6. The predicted molar refractivity (Wildman–Crippen MR) is 182 cm³/mol. The fourth-order valence-corrected chi connectivity index (χ4v) is 4.83. The normalized spacial score (nSPS) is 13.2. The zero-order valence-electron chi connectivity index (χ0n) is 30.2. The molecule has 0 rings (SSSR count). The minimum absolute atomic E-state index is 0.148. The summed E-state index contributed by atoms with van der Waals surface area (Å²) >= 11 is 0. The molecule has 0 radical (unpaired) electrons. The molecule has 0 aliphatic rings. The average molecular weight is 656 g/mol. The molecule has 0 aliphatic carbocycles. The molecule has 0 spiro atoms. The number of carbonyl (C=O) groups excluding carboxylic acids is 3. The highest BCUT2D eigenvalue weighted by molar-refractivity contribution is 5.70. The van der Waals surface area contributed by atoms with E-state index in [1.165, 1.54) is 57.8 Å². The lowest BCUT2D eigenvalue weighted by molar-refractivity contribution is -0.870. The van der Waals surface area contributed by atoms with E-state index in [-0.39, 0.29) is 32.2 Å². The number of unbranched alkanes of at least 4 members (excludes halogenated alkanes) is 16. The lowest BCUT2D eigenvalue weighted by Crippen LogP contribution is -2.44. The number of esters is 2. The Morgan fingerprint density at radius 3 is 1.70 bits per heavy atom. The van der Waals surface area contributed by atoms with Crippen LogP contribution in [0.2, 0.25) is 0 Å². The minimum Gasteiger partial charge on any atom is -0.545 e. The Balaban J connectivity index is 4.57. The third-order valence-electron chi connectivity index (χ3n) is 7.74. The molecule has 0 amide bonds. The van der Waals surface area contributed by atoms with E-state index in [0.717, 1.165) is 57.8 Å². The van der Waals surface area contributed by atoms with Crippen molar-refractivity contribution < 1.29 is 42.9 Å². The van der Waals surface area contributed by atoms with E-state index in [1.54, 1.807) is 0 Å². The molecular weight excluding hydrogens is 586 g/mol. The van der Waals surface area contributed by atoms with Crippen molar-refractivity contribution >= 4 is 17.9 Å². The Hall–Kier alpha value is -1.97. The van der Waals surface area contributed by atoms with Gasteiger partial charge in [0.1, 0.15) is 13.2 Å². The van der Waals surface area contributed by atoms with Gasteiger partial charge < -0.3 is 33.3 Å². The third-order valence-corrected chi connectivity index (χ3v) is 7.74. The van der Waals surface area contributed by atoms with Gasteiger partial charge in [0, 0.05) is 12.8 Å². The summed E-state index contributed by atoms with van der Waals surface area (Å²) in [6.45, 7) is 4.63. The van der Waals surface area contributed by atoms with Gasteiger partial charge in [-0.05, 0) is 32.1 Å². The van der Waals surface area contributed by atoms with Gasteiger partial charge in [-0.2, -0.15) is 0 Å². The van der Waals surface area contributed by atoms with E-state index in [0.29, 0.717) is 23.9 Å². The molecule has 0 aliphatic heterocycles. The van der Waals surface area contributed by atoms with Gasteiger partial charge in [0.15, 0.2) is 12.4 Å². The first-order valence-electron chi connectivity index (χ1n) is 18.3. The number of allylic oxidation sites excluding steroid dienone is 2. The van der Waals surface area contributed by atoms with Gasteiger partial charge in [0.25, 0.3) is 0 Å². The molecule has 0 saturated heterocycles. The summed E-state index contributed by atoms with van der Waals surface area (Å²) in [4.78, 5) is 36.6. The molecule has 0 bridgehead atoms. The number of likely N-dealkylation sites (N-methyl/N-ethyl adjacent to an activating group) is 1. The van der Waals surface area contributed by atoms with Crippen LogP contribution in [0.5, 0.6) is 0 Å². The molecule has 9 nitrogen and oxygen atoms in total. The van der Waals surface area contributed by atoms with Crippen LogP contribution in [0.4, 0.5) is 0 Å². The second-order valence-corrected chi connectivity index (χ2v) is 13.5. The largest absolute Gasteiger partial charge is 0.545 e. The number of carbonyl (C=O) groups is 3. The molecule has 0 aromatic rings. The molecule has 2 unspecified atom stereocenters. The maximum absolute atomic E-state index is 12.6. The quantitative estimate of drug-likeness (QED) is 0.0243. The van der Waals surface area contributed by atoms with E-state index in [9.17, 15) is 19.5 Å². The van der Waals surface area contributed by atoms with Gasteiger partial charge in [-0.25, -0.2) is 0 Å². The van der Waals surface area contributed by atoms with Crippen LogP contribution >= 0.6 is 0 Å². The molecular formula is C37H69NO8. The van der Waals surface area contributed by atoms with Crippen LogP contribution in [0.25, 0.3) is 0 Å². The van der Waals surface area contributed by atoms with Crippen molar-refractivity contribution in [2.75, 3.05) is 47.5 Å². The highest BCUT2D eigenvalue weighted by atomic mass is 16.7. The number of carboxylic acid groups (broad SMARTS) is 1. The van der Waals surface area contributed by atoms with Gasteiger partial charge in [-0.3, -0.25) is 9.59 Å². The SMILES string of the molecule is CCC/C=C\CCCCCCCC(=O)OC(COC(=O)CCCCCCCCCCCCC)COC(OCC[N+](C)(C)C)C(=O)[O-]. The summed E-state index contributed by atoms with van der Waals surface area (Å²) in [7, 11) is 5.89. The number of rotatable bonds is 33. The summed E-state index contributed by atoms with van der Waals surface area (Å²) in [6, 6.07) is 0. The van der Waals surface area contributed by atoms with Crippen LogP contribution < -0.4 is 5.11 Å². The summed E-state index contributed by atoms with van der Waals surface area (Å²) in [5.41, 5.74) is 0. The van der Waals surface area contributed by atoms with Crippen molar-refractivity contribution in [3.8, 4) is 0 Å². The Morgan fingerprint density at radius 1 is 0.630 bits per heavy atom. The fraction of sp³-hybridized carbons (Fsp3) is 0.865. The van der Waals surface area contributed by atoms with E-state index >= 15 is 0 Å². The van der Waals surface area contributed by atoms with Gasteiger partial charge in [-0.1, -0.05) is 116 Å². The number of nitrogens with zero attached hydrogens (tertiary/aromatic N) is 1. The second kappa shape index (κ2) is 30.4. The summed E-state index contributed by atoms with van der Waals surface area (Å²) in [5.74, 6) is -2.30. The van der Waals surface area contributed by atoms with Gasteiger partial charge in [-0.15, -0.1) is 0 Å². The van der Waals surface area contributed by atoms with Crippen molar-refractivity contribution in [1.82, 2.24) is 0 Å². The number of hydrogen-bond donors (Lipinski definition) is 0. The Morgan fingerprint density at radius 2 is 1.15 bits per heavy atom. The molecule has 270 valence electrons. The van der Waals surface area contributed by atoms with Gasteiger partial charge >= 0.3 is 11.9 Å². The molecule has 2 atom stereocenters. The second-order valence-electron chi connectivity index (χ2n) is 13.5. The first kappa shape index (κ1) is 44.0. The standard InChI is InChI=1S/C37H69NO8/c1-6-8-10-12-14-16-18-20-21-23-25-27-34(39)44-31-33(32-45-37(36(41)42)43-30-29-38(3,4)5)46-35(40)28-26-24-22-19-17-15-13-11-9-7-2/h11,13,33,37H,6-10,12,14-32H2,1-5H3/b13-11-. The Labute approximate surface area is 281 Å². The smallest absolute Gasteiger partial charge is 0.306 e. The van der Waals surface area contributed by atoms with Crippen LogP contribution in [0.3, 0.4) is 0 Å². The van der Waals surface area contributed by atoms with E-state index < -0.39 is 24.3 Å². The fourth-order valence-electron chi connectivity index (χ4n) is 4.83. The van der Waals surface area contributed by atoms with Crippen LogP contribution in [0.1, 0.15) is 149 Å². The van der Waals surface area contributed by atoms with Crippen LogP contribution in [-0.4, -0.2) is 82.3 Å². The molecule has 46 heavy (non-hydrogen) atoms. The van der Waals surface area contributed by atoms with Gasteiger partial charge in [0.05, 0.1) is 40.3 Å². The Bertz CT molecular complexity index is 780. The molecule has 0 saturated carbocycles. The molecule has 0 aromatic carbocycles. The Kier molecular flexibility index (Phi) is 29.1. The maximum Gasteiger partial charge on any atom is 0.306 e. The highest BCUT2D eigenvalue weighted by Crippen LogP contribution is 2.13. The maximum atomic E-state index is 12.6. The zero-order valence-corrected chi connectivity index (χ0v) is 30.2. The van der Waals surface area contributed by atoms with Crippen molar-refractivity contribution in [2.45, 2.75) is 161 Å². The molecule has 9 heteroatoms. The van der Waals surface area contributed by atoms with Crippen LogP contribution in [0, 0.1) is 0 Å². The molecule has 0 heterocycles. The molecule has 0 N–H and O–H groups in total. The van der Waals surface area contributed by atoms with Crippen molar-refractivity contribution in [2.24, 2.45) is 0 Å². The lowest BCUT2D eigenvalue weighted by Gasteiger charge is -2.26. The van der Waals surface area contributed by atoms with Gasteiger partial charge in [0.2, 0.25) is 0 Å². The first-order valence-corrected chi connectivity index (χ1v) is 18.3. The highest BCUT2D eigenvalue weighted by Gasteiger charge is 2.21. The van der Waals surface area contributed by atoms with Crippen LogP contribution in [-0.2, 0) is 33.3 Å². The number of carboxylic acids is 1. The van der Waals surface area contributed by atoms with E-state index in [2.05, 4.69) is 26.0 Å². The zero-order chi connectivity index (χ0) is 34.3. The lowest BCUT2D eigenvalue weighted by atomic mass is 10.1.